The summed E-state index contributed by atoms with van der Waals surface area (Å²) in [6.07, 6.45) is 6.56. The van der Waals surface area contributed by atoms with Gasteiger partial charge in [0.05, 0.1) is 11.9 Å². The minimum Gasteiger partial charge on any atom is -0.454 e. The second-order valence-electron chi connectivity index (χ2n) is 5.37. The Kier molecular flexibility index (Phi) is 4.25. The van der Waals surface area contributed by atoms with E-state index in [0.717, 1.165) is 16.9 Å². The van der Waals surface area contributed by atoms with E-state index in [-0.39, 0.29) is 17.0 Å². The van der Waals surface area contributed by atoms with E-state index < -0.39 is 0 Å². The molecular weight excluding hydrogens is 310 g/mol. The first-order valence-corrected chi connectivity index (χ1v) is 7.71. The highest BCUT2D eigenvalue weighted by Gasteiger charge is 2.15. The molecule has 0 spiro atoms. The van der Waals surface area contributed by atoms with Crippen molar-refractivity contribution in [1.82, 2.24) is 9.78 Å². The van der Waals surface area contributed by atoms with Crippen LogP contribution in [0.2, 0.25) is 0 Å². The number of ether oxygens (including phenoxy) is 1. The van der Waals surface area contributed by atoms with Crippen LogP contribution in [0, 0.1) is 6.92 Å². The maximum atomic E-state index is 12.7. The summed E-state index contributed by atoms with van der Waals surface area (Å²) in [4.78, 5) is 13.6. The molecule has 118 valence electrons. The lowest BCUT2D eigenvalue weighted by atomic mass is 10.1. The summed E-state index contributed by atoms with van der Waals surface area (Å²) in [6, 6.07) is 7.50. The number of thiol groups is 1. The number of benzene rings is 1. The third kappa shape index (κ3) is 3.32. The van der Waals surface area contributed by atoms with Gasteiger partial charge in [-0.2, -0.15) is 9.78 Å². The topological polar surface area (TPSA) is 70.1 Å². The first-order valence-electron chi connectivity index (χ1n) is 7.26. The van der Waals surface area contributed by atoms with Crippen LogP contribution in [0.25, 0.3) is 5.69 Å². The zero-order valence-corrected chi connectivity index (χ0v) is 13.6. The van der Waals surface area contributed by atoms with Crippen LogP contribution in [0.15, 0.2) is 58.1 Å². The normalized spacial score (nSPS) is 14.2. The fourth-order valence-corrected chi connectivity index (χ4v) is 2.43. The highest BCUT2D eigenvalue weighted by atomic mass is 32.1. The second-order valence-corrected chi connectivity index (χ2v) is 5.95. The van der Waals surface area contributed by atoms with Crippen molar-refractivity contribution in [2.45, 2.75) is 19.8 Å². The Labute approximate surface area is 139 Å². The van der Waals surface area contributed by atoms with Crippen LogP contribution in [0.1, 0.15) is 18.4 Å². The number of anilines is 1. The van der Waals surface area contributed by atoms with Crippen LogP contribution in [0.4, 0.5) is 5.69 Å². The molecule has 1 aliphatic carbocycles. The summed E-state index contributed by atoms with van der Waals surface area (Å²) in [7, 11) is 0. The fraction of sp³-hybridized carbons (Fsp3) is 0.176. The van der Waals surface area contributed by atoms with Gasteiger partial charge in [-0.05, 0) is 42.5 Å². The summed E-state index contributed by atoms with van der Waals surface area (Å²) in [5.74, 6) is 0.788. The van der Waals surface area contributed by atoms with E-state index in [2.05, 4.69) is 17.7 Å². The van der Waals surface area contributed by atoms with Crippen molar-refractivity contribution in [3.05, 3.63) is 69.2 Å². The molecule has 1 heterocycles. The molecule has 0 saturated heterocycles. The van der Waals surface area contributed by atoms with Gasteiger partial charge in [-0.3, -0.25) is 4.79 Å². The van der Waals surface area contributed by atoms with E-state index in [4.69, 9.17) is 10.5 Å². The molecule has 1 aliphatic rings. The smallest absolute Gasteiger partial charge is 0.316 e. The molecule has 0 amide bonds. The number of aromatic nitrogens is 2. The molecule has 0 bridgehead atoms. The van der Waals surface area contributed by atoms with Crippen molar-refractivity contribution in [1.29, 1.82) is 0 Å². The van der Waals surface area contributed by atoms with Gasteiger partial charge in [0.1, 0.15) is 11.4 Å². The molecule has 1 aromatic heterocycles. The van der Waals surface area contributed by atoms with Crippen molar-refractivity contribution in [3.63, 3.8) is 0 Å². The van der Waals surface area contributed by atoms with Gasteiger partial charge in [0.15, 0.2) is 0 Å². The number of nitrogen functional groups attached to an aromatic ring is 1. The Morgan fingerprint density at radius 1 is 1.22 bits per heavy atom. The highest BCUT2D eigenvalue weighted by molar-refractivity contribution is 7.84. The third-order valence-corrected chi connectivity index (χ3v) is 3.93. The van der Waals surface area contributed by atoms with Gasteiger partial charge in [0.2, 0.25) is 5.75 Å². The minimum atomic E-state index is -0.379. The van der Waals surface area contributed by atoms with E-state index >= 15 is 0 Å². The van der Waals surface area contributed by atoms with Gasteiger partial charge < -0.3 is 10.5 Å². The Hall–Kier alpha value is -2.47. The monoisotopic (exact) mass is 327 g/mol. The van der Waals surface area contributed by atoms with Gasteiger partial charge in [-0.15, -0.1) is 12.6 Å². The molecule has 0 saturated carbocycles. The lowest BCUT2D eigenvalue weighted by Crippen LogP contribution is -2.24. The molecule has 2 N–H and O–H groups in total. The Balaban J connectivity index is 1.99. The first kappa shape index (κ1) is 15.4. The lowest BCUT2D eigenvalue weighted by Gasteiger charge is -2.15. The van der Waals surface area contributed by atoms with Gasteiger partial charge in [0.25, 0.3) is 0 Å². The second kappa shape index (κ2) is 6.34. The first-order chi connectivity index (χ1) is 11.0. The average Bonchev–Trinajstić information content (AvgIpc) is 2.54. The van der Waals surface area contributed by atoms with Crippen LogP contribution < -0.4 is 16.0 Å². The molecule has 23 heavy (non-hydrogen) atoms. The molecule has 5 nitrogen and oxygen atoms in total. The number of hydrogen-bond acceptors (Lipinski definition) is 5. The van der Waals surface area contributed by atoms with Crippen LogP contribution in [0.3, 0.4) is 0 Å². The summed E-state index contributed by atoms with van der Waals surface area (Å²) < 4.78 is 7.02. The van der Waals surface area contributed by atoms with Crippen molar-refractivity contribution in [2.75, 3.05) is 5.73 Å². The molecule has 3 rings (SSSR count). The van der Waals surface area contributed by atoms with E-state index in [0.29, 0.717) is 17.9 Å². The number of nitrogens with zero attached hydrogens (tertiary/aromatic N) is 2. The lowest BCUT2D eigenvalue weighted by molar-refractivity contribution is 0.394. The van der Waals surface area contributed by atoms with Crippen LogP contribution in [0.5, 0.6) is 5.75 Å². The summed E-state index contributed by atoms with van der Waals surface area (Å²) in [5, 5.41) is 4.10. The SMILES string of the molecule is Cc1ccc(-n2ncc(N)c(OC3=CC=C(S)CC3)c2=O)cc1. The number of nitrogens with two attached hydrogens (primary N) is 1. The Bertz CT molecular complexity index is 851. The molecule has 0 atom stereocenters. The van der Waals surface area contributed by atoms with Gasteiger partial charge >= 0.3 is 5.56 Å². The number of aryl methyl sites for hydroxylation is 1. The zero-order chi connectivity index (χ0) is 16.4. The van der Waals surface area contributed by atoms with Crippen LogP contribution >= 0.6 is 12.6 Å². The maximum Gasteiger partial charge on any atom is 0.316 e. The molecule has 0 unspecified atom stereocenters. The highest BCUT2D eigenvalue weighted by Crippen LogP contribution is 2.25. The zero-order valence-electron chi connectivity index (χ0n) is 12.7. The summed E-state index contributed by atoms with van der Waals surface area (Å²) in [5.41, 5.74) is 7.50. The van der Waals surface area contributed by atoms with E-state index in [1.807, 2.05) is 37.3 Å². The van der Waals surface area contributed by atoms with Crippen molar-refractivity contribution >= 4 is 18.3 Å². The standard InChI is InChI=1S/C17H17N3O2S/c1-11-2-4-12(5-3-11)20-17(21)16(15(18)10-19-20)22-13-6-8-14(23)9-7-13/h2-6,8,10,23H,7,9,18H2,1H3. The largest absolute Gasteiger partial charge is 0.454 e. The quantitative estimate of drug-likeness (QED) is 0.850. The number of allylic oxidation sites excluding steroid dienone is 4. The van der Waals surface area contributed by atoms with E-state index in [1.165, 1.54) is 10.9 Å². The van der Waals surface area contributed by atoms with Crippen molar-refractivity contribution < 1.29 is 4.74 Å². The van der Waals surface area contributed by atoms with Crippen molar-refractivity contribution in [3.8, 4) is 11.4 Å². The Morgan fingerprint density at radius 3 is 2.61 bits per heavy atom. The third-order valence-electron chi connectivity index (χ3n) is 3.56. The molecule has 6 heteroatoms. The number of rotatable bonds is 3. The number of hydrogen-bond donors (Lipinski definition) is 2. The summed E-state index contributed by atoms with van der Waals surface area (Å²) in [6.45, 7) is 1.98. The van der Waals surface area contributed by atoms with E-state index in [1.54, 1.807) is 6.08 Å². The molecular formula is C17H17N3O2S. The van der Waals surface area contributed by atoms with Crippen LogP contribution in [-0.2, 0) is 0 Å². The maximum absolute atomic E-state index is 12.7. The predicted molar refractivity (Wildman–Crippen MR) is 94.0 cm³/mol. The van der Waals surface area contributed by atoms with Gasteiger partial charge in [-0.1, -0.05) is 17.7 Å². The predicted octanol–water partition coefficient (Wildman–Crippen LogP) is 2.99. The minimum absolute atomic E-state index is 0.0999. The summed E-state index contributed by atoms with van der Waals surface area (Å²) >= 11 is 4.30. The fourth-order valence-electron chi connectivity index (χ4n) is 2.25. The Morgan fingerprint density at radius 2 is 1.96 bits per heavy atom. The molecule has 2 aromatic rings. The van der Waals surface area contributed by atoms with E-state index in [9.17, 15) is 4.79 Å². The molecule has 0 fully saturated rings. The van der Waals surface area contributed by atoms with Crippen molar-refractivity contribution in [2.24, 2.45) is 0 Å². The molecule has 0 radical (unpaired) electrons. The van der Waals surface area contributed by atoms with Crippen LogP contribution in [-0.4, -0.2) is 9.78 Å². The van der Waals surface area contributed by atoms with Gasteiger partial charge in [0, 0.05) is 6.42 Å². The molecule has 0 aliphatic heterocycles. The molecule has 1 aromatic carbocycles. The average molecular weight is 327 g/mol. The van der Waals surface area contributed by atoms with Gasteiger partial charge in [-0.25, -0.2) is 0 Å².